The zero-order chi connectivity index (χ0) is 22.5. The number of hydrogen-bond acceptors (Lipinski definition) is 6. The smallest absolute Gasteiger partial charge is 0.271 e. The third-order valence-electron chi connectivity index (χ3n) is 4.55. The number of methoxy groups -OCH3 is 1. The Kier molecular flexibility index (Phi) is 7.38. The third kappa shape index (κ3) is 5.69. The van der Waals surface area contributed by atoms with Gasteiger partial charge in [0.05, 0.1) is 24.3 Å². The number of anilines is 1. The number of non-ortho nitro benzene ring substituents is 1. The van der Waals surface area contributed by atoms with Crippen molar-refractivity contribution >= 4 is 27.3 Å². The van der Waals surface area contributed by atoms with Gasteiger partial charge >= 0.3 is 0 Å². The minimum absolute atomic E-state index is 0.0762. The fourth-order valence-corrected chi connectivity index (χ4v) is 3.81. The second-order valence-electron chi connectivity index (χ2n) is 6.82. The molecule has 0 aliphatic carbocycles. The van der Waals surface area contributed by atoms with Crippen molar-refractivity contribution in [2.45, 2.75) is 26.3 Å². The number of carbonyl (C=O) groups excluding carboxylic acids is 1. The molecule has 0 aliphatic heterocycles. The van der Waals surface area contributed by atoms with E-state index in [2.05, 4.69) is 5.32 Å². The first kappa shape index (κ1) is 23.1. The molecular formula is C20H25N3O6S. The Morgan fingerprint density at radius 3 is 2.37 bits per heavy atom. The molecule has 1 amide bonds. The molecule has 162 valence electrons. The molecule has 2 aromatic rings. The highest BCUT2D eigenvalue weighted by Gasteiger charge is 2.27. The summed E-state index contributed by atoms with van der Waals surface area (Å²) in [5.41, 5.74) is 1.59. The average Bonchev–Trinajstić information content (AvgIpc) is 2.69. The summed E-state index contributed by atoms with van der Waals surface area (Å²) in [7, 11) is -2.62. The van der Waals surface area contributed by atoms with Crippen molar-refractivity contribution in [2.24, 2.45) is 0 Å². The molecule has 1 atom stereocenters. The average molecular weight is 436 g/mol. The van der Waals surface area contributed by atoms with Gasteiger partial charge in [-0.25, -0.2) is 8.42 Å². The molecule has 9 nitrogen and oxygen atoms in total. The molecule has 0 saturated carbocycles. The van der Waals surface area contributed by atoms with Gasteiger partial charge in [0.15, 0.2) is 0 Å². The zero-order valence-corrected chi connectivity index (χ0v) is 18.1. The lowest BCUT2D eigenvalue weighted by atomic mass is 10.0. The highest BCUT2D eigenvalue weighted by molar-refractivity contribution is 7.92. The lowest BCUT2D eigenvalue weighted by Gasteiger charge is -2.25. The number of aryl methyl sites for hydroxylation is 1. The highest BCUT2D eigenvalue weighted by Crippen LogP contribution is 2.33. The summed E-state index contributed by atoms with van der Waals surface area (Å²) in [5.74, 6) is -0.439. The summed E-state index contributed by atoms with van der Waals surface area (Å²) in [6, 6.07) is 10.9. The van der Waals surface area contributed by atoms with E-state index < -0.39 is 27.4 Å². The van der Waals surface area contributed by atoms with Gasteiger partial charge in [-0.3, -0.25) is 19.2 Å². The number of nitrogens with one attached hydrogen (secondary N) is 1. The first-order valence-electron chi connectivity index (χ1n) is 9.22. The SMILES string of the molecule is CC[C@@H](NC(=O)CN(c1cc([N+](=O)[O-])ccc1OC)S(C)(=O)=O)c1ccc(C)cc1. The summed E-state index contributed by atoms with van der Waals surface area (Å²) in [4.78, 5) is 23.2. The zero-order valence-electron chi connectivity index (χ0n) is 17.3. The summed E-state index contributed by atoms with van der Waals surface area (Å²) < 4.78 is 30.8. The summed E-state index contributed by atoms with van der Waals surface area (Å²) in [6.45, 7) is 3.32. The van der Waals surface area contributed by atoms with Gasteiger partial charge < -0.3 is 10.1 Å². The largest absolute Gasteiger partial charge is 0.495 e. The molecule has 10 heteroatoms. The molecule has 0 fully saturated rings. The number of ether oxygens (including phenoxy) is 1. The van der Waals surface area contributed by atoms with Gasteiger partial charge in [0, 0.05) is 12.1 Å². The second-order valence-corrected chi connectivity index (χ2v) is 8.73. The number of amides is 1. The van der Waals surface area contributed by atoms with Crippen LogP contribution in [0.3, 0.4) is 0 Å². The van der Waals surface area contributed by atoms with E-state index in [-0.39, 0.29) is 23.2 Å². The molecule has 2 aromatic carbocycles. The number of nitrogens with zero attached hydrogens (tertiary/aromatic N) is 2. The molecular weight excluding hydrogens is 410 g/mol. The van der Waals surface area contributed by atoms with Gasteiger partial charge in [0.2, 0.25) is 15.9 Å². The van der Waals surface area contributed by atoms with Crippen LogP contribution in [-0.2, 0) is 14.8 Å². The van der Waals surface area contributed by atoms with Gasteiger partial charge in [0.25, 0.3) is 5.69 Å². The van der Waals surface area contributed by atoms with Crippen LogP contribution in [0.15, 0.2) is 42.5 Å². The molecule has 0 heterocycles. The Labute approximate surface area is 175 Å². The van der Waals surface area contributed by atoms with Crippen molar-refractivity contribution in [1.29, 1.82) is 0 Å². The van der Waals surface area contributed by atoms with Crippen LogP contribution < -0.4 is 14.4 Å². The Hall–Kier alpha value is -3.14. The lowest BCUT2D eigenvalue weighted by Crippen LogP contribution is -2.41. The van der Waals surface area contributed by atoms with Crippen LogP contribution in [0.1, 0.15) is 30.5 Å². The molecule has 30 heavy (non-hydrogen) atoms. The number of hydrogen-bond donors (Lipinski definition) is 1. The van der Waals surface area contributed by atoms with Crippen LogP contribution in [0.4, 0.5) is 11.4 Å². The molecule has 1 N–H and O–H groups in total. The quantitative estimate of drug-likeness (QED) is 0.478. The van der Waals surface area contributed by atoms with Crippen LogP contribution in [0.25, 0.3) is 0 Å². The van der Waals surface area contributed by atoms with Crippen molar-refractivity contribution in [1.82, 2.24) is 5.32 Å². The predicted octanol–water partition coefficient (Wildman–Crippen LogP) is 2.95. The molecule has 0 aliphatic rings. The van der Waals surface area contributed by atoms with E-state index in [0.29, 0.717) is 6.42 Å². The van der Waals surface area contributed by atoms with Crippen molar-refractivity contribution in [3.63, 3.8) is 0 Å². The number of nitro benzene ring substituents is 1. The number of carbonyl (C=O) groups is 1. The molecule has 2 rings (SSSR count). The van der Waals surface area contributed by atoms with Crippen LogP contribution >= 0.6 is 0 Å². The summed E-state index contributed by atoms with van der Waals surface area (Å²) in [6.07, 6.45) is 1.53. The van der Waals surface area contributed by atoms with Crippen molar-refractivity contribution in [2.75, 3.05) is 24.2 Å². The maximum Gasteiger partial charge on any atom is 0.271 e. The minimum Gasteiger partial charge on any atom is -0.495 e. The third-order valence-corrected chi connectivity index (χ3v) is 5.68. The van der Waals surface area contributed by atoms with E-state index in [4.69, 9.17) is 4.74 Å². The Bertz CT molecular complexity index is 1020. The molecule has 0 spiro atoms. The van der Waals surface area contributed by atoms with E-state index in [0.717, 1.165) is 27.8 Å². The topological polar surface area (TPSA) is 119 Å². The fraction of sp³-hybridized carbons (Fsp3) is 0.350. The minimum atomic E-state index is -3.93. The van der Waals surface area contributed by atoms with Crippen molar-refractivity contribution in [3.8, 4) is 5.75 Å². The monoisotopic (exact) mass is 435 g/mol. The van der Waals surface area contributed by atoms with Gasteiger partial charge in [-0.15, -0.1) is 0 Å². The van der Waals surface area contributed by atoms with Crippen molar-refractivity contribution < 1.29 is 22.9 Å². The van der Waals surface area contributed by atoms with Crippen molar-refractivity contribution in [3.05, 3.63) is 63.7 Å². The van der Waals surface area contributed by atoms with Gasteiger partial charge in [-0.1, -0.05) is 36.8 Å². The molecule has 0 saturated heterocycles. The Morgan fingerprint density at radius 2 is 1.87 bits per heavy atom. The predicted molar refractivity (Wildman–Crippen MR) is 114 cm³/mol. The van der Waals surface area contributed by atoms with Crippen LogP contribution in [0.2, 0.25) is 0 Å². The van der Waals surface area contributed by atoms with Crippen LogP contribution in [-0.4, -0.2) is 39.2 Å². The van der Waals surface area contributed by atoms with Crippen LogP contribution in [0, 0.1) is 17.0 Å². The first-order chi connectivity index (χ1) is 14.1. The van der Waals surface area contributed by atoms with E-state index in [1.807, 2.05) is 38.1 Å². The fourth-order valence-electron chi connectivity index (χ4n) is 2.96. The van der Waals surface area contributed by atoms with Gasteiger partial charge in [-0.2, -0.15) is 0 Å². The van der Waals surface area contributed by atoms with Crippen LogP contribution in [0.5, 0.6) is 5.75 Å². The van der Waals surface area contributed by atoms with E-state index >= 15 is 0 Å². The van der Waals surface area contributed by atoms with E-state index in [1.165, 1.54) is 19.2 Å². The lowest BCUT2D eigenvalue weighted by molar-refractivity contribution is -0.384. The Morgan fingerprint density at radius 1 is 1.23 bits per heavy atom. The number of benzene rings is 2. The van der Waals surface area contributed by atoms with E-state index in [1.54, 1.807) is 0 Å². The Balaban J connectivity index is 2.33. The maximum absolute atomic E-state index is 12.7. The number of nitro groups is 1. The summed E-state index contributed by atoms with van der Waals surface area (Å²) >= 11 is 0. The molecule has 0 radical (unpaired) electrons. The highest BCUT2D eigenvalue weighted by atomic mass is 32.2. The first-order valence-corrected chi connectivity index (χ1v) is 11.1. The van der Waals surface area contributed by atoms with Gasteiger partial charge in [0.1, 0.15) is 18.0 Å². The molecule has 0 bridgehead atoms. The number of rotatable bonds is 9. The maximum atomic E-state index is 12.7. The molecule has 0 unspecified atom stereocenters. The second kappa shape index (κ2) is 9.57. The van der Waals surface area contributed by atoms with Gasteiger partial charge in [-0.05, 0) is 25.0 Å². The summed E-state index contributed by atoms with van der Waals surface area (Å²) in [5, 5.41) is 14.0. The number of sulfonamides is 1. The normalized spacial score (nSPS) is 12.1. The van der Waals surface area contributed by atoms with E-state index in [9.17, 15) is 23.3 Å². The standard InChI is InChI=1S/C20H25N3O6S/c1-5-17(15-8-6-14(2)7-9-15)21-20(24)13-22(30(4,27)28)18-12-16(23(25)26)10-11-19(18)29-3/h6-12,17H,5,13H2,1-4H3,(H,21,24)/t17-/m1/s1. The molecule has 0 aromatic heterocycles.